The molecule has 0 aliphatic carbocycles. The summed E-state index contributed by atoms with van der Waals surface area (Å²) in [5.41, 5.74) is 1.96. The fourth-order valence-corrected chi connectivity index (χ4v) is 3.01. The second-order valence-electron chi connectivity index (χ2n) is 6.67. The van der Waals surface area contributed by atoms with Gasteiger partial charge in [-0.2, -0.15) is 0 Å². The summed E-state index contributed by atoms with van der Waals surface area (Å²) in [4.78, 5) is 27.2. The summed E-state index contributed by atoms with van der Waals surface area (Å²) in [6.45, 7) is -0.117. The Morgan fingerprint density at radius 1 is 1.15 bits per heavy atom. The van der Waals surface area contributed by atoms with Gasteiger partial charge in [-0.15, -0.1) is 0 Å². The number of carbonyl (C=O) groups is 1. The Labute approximate surface area is 194 Å². The lowest BCUT2D eigenvalue weighted by molar-refractivity contribution is -0.384. The maximum absolute atomic E-state index is 11.9. The largest absolute Gasteiger partial charge is 0.493 e. The van der Waals surface area contributed by atoms with Gasteiger partial charge < -0.3 is 19.6 Å². The predicted molar refractivity (Wildman–Crippen MR) is 124 cm³/mol. The Hall–Kier alpha value is -4.11. The number of methoxy groups -OCH3 is 1. The highest BCUT2D eigenvalue weighted by atomic mass is 35.5. The van der Waals surface area contributed by atoms with Crippen LogP contribution in [0.25, 0.3) is 0 Å². The van der Waals surface area contributed by atoms with E-state index in [1.807, 2.05) is 18.2 Å². The van der Waals surface area contributed by atoms with Gasteiger partial charge in [0, 0.05) is 23.4 Å². The molecule has 0 bridgehead atoms. The van der Waals surface area contributed by atoms with Crippen molar-refractivity contribution < 1.29 is 24.0 Å². The minimum absolute atomic E-state index is 0.00207. The number of oxime groups is 1. The monoisotopic (exact) mass is 469 g/mol. The van der Waals surface area contributed by atoms with Crippen molar-refractivity contribution in [2.75, 3.05) is 19.0 Å². The fourth-order valence-electron chi connectivity index (χ4n) is 2.74. The van der Waals surface area contributed by atoms with Gasteiger partial charge in [0.2, 0.25) is 0 Å². The second kappa shape index (κ2) is 11.5. The van der Waals surface area contributed by atoms with E-state index in [0.717, 1.165) is 5.56 Å². The van der Waals surface area contributed by atoms with Crippen LogP contribution in [-0.4, -0.2) is 30.8 Å². The van der Waals surface area contributed by atoms with Crippen molar-refractivity contribution in [1.29, 1.82) is 0 Å². The minimum Gasteiger partial charge on any atom is -0.493 e. The molecule has 0 radical (unpaired) electrons. The highest BCUT2D eigenvalue weighted by Gasteiger charge is 2.13. The molecule has 0 saturated heterocycles. The predicted octanol–water partition coefficient (Wildman–Crippen LogP) is 4.83. The first-order valence-electron chi connectivity index (χ1n) is 9.70. The van der Waals surface area contributed by atoms with Crippen LogP contribution in [0.5, 0.6) is 11.5 Å². The van der Waals surface area contributed by atoms with Gasteiger partial charge >= 0.3 is 0 Å². The maximum Gasteiger partial charge on any atom is 0.269 e. The van der Waals surface area contributed by atoms with Crippen molar-refractivity contribution in [2.24, 2.45) is 5.16 Å². The van der Waals surface area contributed by atoms with Crippen molar-refractivity contribution >= 4 is 35.1 Å². The van der Waals surface area contributed by atoms with Crippen LogP contribution in [0.1, 0.15) is 11.1 Å². The van der Waals surface area contributed by atoms with Gasteiger partial charge in [0.25, 0.3) is 11.6 Å². The second-order valence-corrected chi connectivity index (χ2v) is 7.08. The zero-order valence-electron chi connectivity index (χ0n) is 17.6. The molecular formula is C23H20ClN3O6. The molecule has 1 N–H and O–H groups in total. The van der Waals surface area contributed by atoms with E-state index >= 15 is 0 Å². The Morgan fingerprint density at radius 2 is 1.88 bits per heavy atom. The lowest BCUT2D eigenvalue weighted by atomic mass is 10.2. The number of benzene rings is 3. The molecule has 10 heteroatoms. The lowest BCUT2D eigenvalue weighted by Crippen LogP contribution is -2.16. The topological polar surface area (TPSA) is 112 Å². The Balaban J connectivity index is 1.57. The highest BCUT2D eigenvalue weighted by molar-refractivity contribution is 6.32. The lowest BCUT2D eigenvalue weighted by Gasteiger charge is -2.13. The third-order valence-electron chi connectivity index (χ3n) is 4.31. The number of non-ortho nitro benzene ring substituents is 1. The molecular weight excluding hydrogens is 450 g/mol. The van der Waals surface area contributed by atoms with E-state index in [1.165, 1.54) is 25.5 Å². The van der Waals surface area contributed by atoms with Gasteiger partial charge in [-0.3, -0.25) is 14.9 Å². The summed E-state index contributed by atoms with van der Waals surface area (Å²) in [5, 5.41) is 17.5. The smallest absolute Gasteiger partial charge is 0.269 e. The maximum atomic E-state index is 11.9. The SMILES string of the molecule is COc1cc(C=NOCC(=O)Nc2ccccc2)cc(Cl)c1OCc1ccc([N+](=O)[O-])cc1. The number of anilines is 1. The summed E-state index contributed by atoms with van der Waals surface area (Å²) in [7, 11) is 1.47. The molecule has 0 aliphatic rings. The van der Waals surface area contributed by atoms with Crippen molar-refractivity contribution in [2.45, 2.75) is 6.61 Å². The number of nitrogens with zero attached hydrogens (tertiary/aromatic N) is 2. The molecule has 0 unspecified atom stereocenters. The van der Waals surface area contributed by atoms with Crippen molar-refractivity contribution in [1.82, 2.24) is 0 Å². The molecule has 0 aromatic heterocycles. The number of nitro groups is 1. The first kappa shape index (κ1) is 23.6. The molecule has 9 nitrogen and oxygen atoms in total. The summed E-state index contributed by atoms with van der Waals surface area (Å²) < 4.78 is 11.1. The van der Waals surface area contributed by atoms with Crippen LogP contribution in [0.2, 0.25) is 5.02 Å². The van der Waals surface area contributed by atoms with E-state index in [2.05, 4.69) is 10.5 Å². The number of hydrogen-bond donors (Lipinski definition) is 1. The van der Waals surface area contributed by atoms with E-state index in [0.29, 0.717) is 22.7 Å². The van der Waals surface area contributed by atoms with Crippen LogP contribution in [0, 0.1) is 10.1 Å². The zero-order chi connectivity index (χ0) is 23.6. The van der Waals surface area contributed by atoms with Crippen molar-refractivity contribution in [3.8, 4) is 11.5 Å². The number of rotatable bonds is 10. The van der Waals surface area contributed by atoms with Crippen LogP contribution in [-0.2, 0) is 16.2 Å². The van der Waals surface area contributed by atoms with Gasteiger partial charge in [-0.1, -0.05) is 35.0 Å². The van der Waals surface area contributed by atoms with Crippen LogP contribution in [0.3, 0.4) is 0 Å². The quantitative estimate of drug-likeness (QED) is 0.258. The van der Waals surface area contributed by atoms with Crippen LogP contribution < -0.4 is 14.8 Å². The van der Waals surface area contributed by atoms with E-state index in [9.17, 15) is 14.9 Å². The number of hydrogen-bond acceptors (Lipinski definition) is 7. The summed E-state index contributed by atoms with van der Waals surface area (Å²) in [5.74, 6) is 0.342. The first-order chi connectivity index (χ1) is 16.0. The molecule has 33 heavy (non-hydrogen) atoms. The number of amides is 1. The van der Waals surface area contributed by atoms with Gasteiger partial charge in [0.05, 0.1) is 23.3 Å². The molecule has 170 valence electrons. The van der Waals surface area contributed by atoms with Crippen molar-refractivity contribution in [3.05, 3.63) is 93.0 Å². The molecule has 3 aromatic rings. The molecule has 0 heterocycles. The minimum atomic E-state index is -0.468. The highest BCUT2D eigenvalue weighted by Crippen LogP contribution is 2.36. The summed E-state index contributed by atoms with van der Waals surface area (Å²) in [6, 6.07) is 18.3. The molecule has 3 aromatic carbocycles. The number of carbonyl (C=O) groups excluding carboxylic acids is 1. The fraction of sp³-hybridized carbons (Fsp3) is 0.130. The van der Waals surface area contributed by atoms with Gasteiger partial charge in [0.15, 0.2) is 18.1 Å². The van der Waals surface area contributed by atoms with Gasteiger partial charge in [-0.25, -0.2) is 0 Å². The molecule has 1 amide bonds. The Kier molecular flexibility index (Phi) is 8.20. The third-order valence-corrected chi connectivity index (χ3v) is 4.59. The van der Waals surface area contributed by atoms with E-state index in [1.54, 1.807) is 36.4 Å². The number of nitro benzene ring substituents is 1. The molecule has 0 saturated carbocycles. The average Bonchev–Trinajstić information content (AvgIpc) is 2.81. The van der Waals surface area contributed by atoms with E-state index < -0.39 is 4.92 Å². The number of nitrogens with one attached hydrogen (secondary N) is 1. The number of ether oxygens (including phenoxy) is 2. The summed E-state index contributed by atoms with van der Waals surface area (Å²) in [6.07, 6.45) is 1.39. The summed E-state index contributed by atoms with van der Waals surface area (Å²) >= 11 is 6.34. The number of para-hydroxylation sites is 1. The van der Waals surface area contributed by atoms with Gasteiger partial charge in [0.1, 0.15) is 6.61 Å². The van der Waals surface area contributed by atoms with E-state index in [-0.39, 0.29) is 29.8 Å². The van der Waals surface area contributed by atoms with Crippen LogP contribution in [0.15, 0.2) is 71.9 Å². The Bertz CT molecular complexity index is 1140. The molecule has 0 aliphatic heterocycles. The standard InChI is InChI=1S/C23H20ClN3O6/c1-31-21-12-17(13-25-33-15-22(28)26-18-5-3-2-4-6-18)11-20(24)23(21)32-14-16-7-9-19(10-8-16)27(29)30/h2-13H,14-15H2,1H3,(H,26,28). The zero-order valence-corrected chi connectivity index (χ0v) is 18.3. The normalized spacial score (nSPS) is 10.6. The Morgan fingerprint density at radius 3 is 2.55 bits per heavy atom. The van der Waals surface area contributed by atoms with Crippen molar-refractivity contribution in [3.63, 3.8) is 0 Å². The van der Waals surface area contributed by atoms with Gasteiger partial charge in [-0.05, 0) is 42.0 Å². The molecule has 0 spiro atoms. The molecule has 0 fully saturated rings. The van der Waals surface area contributed by atoms with Crippen LogP contribution in [0.4, 0.5) is 11.4 Å². The first-order valence-corrected chi connectivity index (χ1v) is 10.1. The molecule has 0 atom stereocenters. The van der Waals surface area contributed by atoms with Crippen LogP contribution >= 0.6 is 11.6 Å². The molecule has 3 rings (SSSR count). The number of halogens is 1. The average molecular weight is 470 g/mol. The van der Waals surface area contributed by atoms with E-state index in [4.69, 9.17) is 25.9 Å². The third kappa shape index (κ3) is 6.94.